The van der Waals surface area contributed by atoms with Crippen LogP contribution in [0.3, 0.4) is 0 Å². The van der Waals surface area contributed by atoms with Crippen molar-refractivity contribution in [2.45, 2.75) is 39.2 Å². The first-order valence-corrected chi connectivity index (χ1v) is 5.72. The van der Waals surface area contributed by atoms with Crippen molar-refractivity contribution in [2.75, 3.05) is 0 Å². The van der Waals surface area contributed by atoms with Crippen molar-refractivity contribution < 1.29 is 0 Å². The molecule has 2 rings (SSSR count). The lowest BCUT2D eigenvalue weighted by molar-refractivity contribution is 0.391. The summed E-state index contributed by atoms with van der Waals surface area (Å²) in [5.74, 6) is 0.839. The van der Waals surface area contributed by atoms with Crippen LogP contribution < -0.4 is 5.73 Å². The van der Waals surface area contributed by atoms with Crippen molar-refractivity contribution in [3.05, 3.63) is 23.7 Å². The zero-order chi connectivity index (χ0) is 11.8. The highest BCUT2D eigenvalue weighted by atomic mass is 15.0. The van der Waals surface area contributed by atoms with Gasteiger partial charge in [0.1, 0.15) is 5.82 Å². The smallest absolute Gasteiger partial charge is 0.178 e. The van der Waals surface area contributed by atoms with Crippen LogP contribution in [0.4, 0.5) is 0 Å². The molecule has 0 spiro atoms. The molecular weight excluding hydrogens is 200 g/mol. The summed E-state index contributed by atoms with van der Waals surface area (Å²) >= 11 is 0. The van der Waals surface area contributed by atoms with Crippen LogP contribution in [0, 0.1) is 6.92 Å². The fourth-order valence-corrected chi connectivity index (χ4v) is 1.81. The average Bonchev–Trinajstić information content (AvgIpc) is 2.71. The van der Waals surface area contributed by atoms with E-state index in [0.717, 1.165) is 35.5 Å². The summed E-state index contributed by atoms with van der Waals surface area (Å²) in [6.45, 7) is 6.12. The highest BCUT2D eigenvalue weighted by Crippen LogP contribution is 2.24. The van der Waals surface area contributed by atoms with E-state index < -0.39 is 0 Å². The number of aromatic amines is 1. The van der Waals surface area contributed by atoms with Crippen molar-refractivity contribution in [1.82, 2.24) is 15.0 Å². The number of nitrogens with two attached hydrogens (primary N) is 1. The number of hydrogen-bond donors (Lipinski definition) is 2. The quantitative estimate of drug-likeness (QED) is 0.830. The van der Waals surface area contributed by atoms with Crippen LogP contribution in [0.1, 0.15) is 38.2 Å². The van der Waals surface area contributed by atoms with E-state index in [2.05, 4.69) is 28.8 Å². The molecular formula is C12H18N4. The van der Waals surface area contributed by atoms with E-state index in [1.165, 1.54) is 0 Å². The molecule has 4 heteroatoms. The molecule has 3 N–H and O–H groups in total. The number of aryl methyl sites for hydroxylation is 1. The van der Waals surface area contributed by atoms with E-state index >= 15 is 0 Å². The third kappa shape index (κ3) is 1.69. The Balaban J connectivity index is 2.54. The predicted molar refractivity (Wildman–Crippen MR) is 65.1 cm³/mol. The van der Waals surface area contributed by atoms with Gasteiger partial charge >= 0.3 is 0 Å². The normalized spacial score (nSPS) is 12.2. The molecule has 0 unspecified atom stereocenters. The summed E-state index contributed by atoms with van der Waals surface area (Å²) in [5, 5.41) is 0. The van der Waals surface area contributed by atoms with Gasteiger partial charge in [0.25, 0.3) is 0 Å². The number of aromatic nitrogens is 3. The summed E-state index contributed by atoms with van der Waals surface area (Å²) in [4.78, 5) is 12.1. The number of fused-ring (bicyclic) bond motifs is 1. The first kappa shape index (κ1) is 11.1. The Morgan fingerprint density at radius 2 is 1.94 bits per heavy atom. The van der Waals surface area contributed by atoms with Gasteiger partial charge in [0.05, 0.1) is 11.1 Å². The third-order valence-electron chi connectivity index (χ3n) is 3.22. The molecule has 0 atom stereocenters. The molecule has 86 valence electrons. The van der Waals surface area contributed by atoms with E-state index in [1.54, 1.807) is 0 Å². The Morgan fingerprint density at radius 1 is 1.25 bits per heavy atom. The van der Waals surface area contributed by atoms with Crippen molar-refractivity contribution in [1.29, 1.82) is 0 Å². The molecule has 0 radical (unpaired) electrons. The highest BCUT2D eigenvalue weighted by molar-refractivity contribution is 5.70. The molecule has 0 aromatic carbocycles. The molecule has 2 aromatic heterocycles. The van der Waals surface area contributed by atoms with E-state index in [0.29, 0.717) is 0 Å². The number of nitrogens with zero attached hydrogens (tertiary/aromatic N) is 2. The van der Waals surface area contributed by atoms with Crippen molar-refractivity contribution in [2.24, 2.45) is 5.73 Å². The van der Waals surface area contributed by atoms with E-state index in [4.69, 9.17) is 5.73 Å². The Hall–Kier alpha value is -1.42. The standard InChI is InChI=1S/C12H18N4/c1-4-12(13,5-2)11-15-9-7-6-8(3)14-10(9)16-11/h6-7H,4-5,13H2,1-3H3,(H,14,15,16). The Kier molecular flexibility index (Phi) is 2.68. The molecule has 2 heterocycles. The van der Waals surface area contributed by atoms with Crippen LogP contribution in [0.2, 0.25) is 0 Å². The fourth-order valence-electron chi connectivity index (χ4n) is 1.81. The van der Waals surface area contributed by atoms with Gasteiger partial charge in [0, 0.05) is 5.69 Å². The molecule has 0 saturated carbocycles. The average molecular weight is 218 g/mol. The largest absolute Gasteiger partial charge is 0.339 e. The zero-order valence-electron chi connectivity index (χ0n) is 10.0. The number of pyridine rings is 1. The number of imidazole rings is 1. The first-order chi connectivity index (χ1) is 7.59. The molecule has 0 aliphatic heterocycles. The number of H-pyrrole nitrogens is 1. The number of hydrogen-bond acceptors (Lipinski definition) is 3. The van der Waals surface area contributed by atoms with Gasteiger partial charge < -0.3 is 10.7 Å². The minimum absolute atomic E-state index is 0.366. The topological polar surface area (TPSA) is 67.6 Å². The second-order valence-corrected chi connectivity index (χ2v) is 4.27. The van der Waals surface area contributed by atoms with Crippen LogP contribution in [-0.2, 0) is 5.54 Å². The van der Waals surface area contributed by atoms with E-state index in [1.807, 2.05) is 19.1 Å². The first-order valence-electron chi connectivity index (χ1n) is 5.72. The van der Waals surface area contributed by atoms with Gasteiger partial charge in [-0.3, -0.25) is 0 Å². The maximum absolute atomic E-state index is 6.30. The van der Waals surface area contributed by atoms with Crippen molar-refractivity contribution in [3.8, 4) is 0 Å². The lowest BCUT2D eigenvalue weighted by Gasteiger charge is -2.23. The minimum atomic E-state index is -0.366. The predicted octanol–water partition coefficient (Wildman–Crippen LogP) is 2.24. The maximum atomic E-state index is 6.30. The monoisotopic (exact) mass is 218 g/mol. The van der Waals surface area contributed by atoms with Gasteiger partial charge in [-0.25, -0.2) is 9.97 Å². The van der Waals surface area contributed by atoms with E-state index in [-0.39, 0.29) is 5.54 Å². The SMILES string of the molecule is CCC(N)(CC)c1nc2nc(C)ccc2[nH]1. The van der Waals surface area contributed by atoms with Crippen LogP contribution in [0.25, 0.3) is 11.2 Å². The fraction of sp³-hybridized carbons (Fsp3) is 0.500. The molecule has 0 saturated heterocycles. The molecule has 0 amide bonds. The summed E-state index contributed by atoms with van der Waals surface area (Å²) in [6.07, 6.45) is 1.73. The minimum Gasteiger partial charge on any atom is -0.339 e. The Bertz CT molecular complexity index is 497. The Morgan fingerprint density at radius 3 is 2.56 bits per heavy atom. The highest BCUT2D eigenvalue weighted by Gasteiger charge is 2.26. The molecule has 0 aliphatic rings. The molecule has 16 heavy (non-hydrogen) atoms. The summed E-state index contributed by atoms with van der Waals surface area (Å²) in [6, 6.07) is 3.97. The molecule has 0 bridgehead atoms. The van der Waals surface area contributed by atoms with Crippen LogP contribution in [0.15, 0.2) is 12.1 Å². The molecule has 4 nitrogen and oxygen atoms in total. The lowest BCUT2D eigenvalue weighted by Crippen LogP contribution is -2.36. The summed E-state index contributed by atoms with van der Waals surface area (Å²) in [7, 11) is 0. The number of rotatable bonds is 3. The van der Waals surface area contributed by atoms with Gasteiger partial charge in [-0.1, -0.05) is 13.8 Å². The Labute approximate surface area is 95.3 Å². The summed E-state index contributed by atoms with van der Waals surface area (Å²) in [5.41, 5.74) is 8.62. The zero-order valence-corrected chi connectivity index (χ0v) is 10.0. The molecule has 2 aromatic rings. The van der Waals surface area contributed by atoms with Gasteiger partial charge in [0.15, 0.2) is 5.65 Å². The van der Waals surface area contributed by atoms with Gasteiger partial charge in [-0.15, -0.1) is 0 Å². The third-order valence-corrected chi connectivity index (χ3v) is 3.22. The second-order valence-electron chi connectivity index (χ2n) is 4.27. The summed E-state index contributed by atoms with van der Waals surface area (Å²) < 4.78 is 0. The molecule has 0 fully saturated rings. The van der Waals surface area contributed by atoms with Gasteiger partial charge in [-0.05, 0) is 31.9 Å². The van der Waals surface area contributed by atoms with Gasteiger partial charge in [0.2, 0.25) is 0 Å². The van der Waals surface area contributed by atoms with Crippen molar-refractivity contribution >= 4 is 11.2 Å². The van der Waals surface area contributed by atoms with E-state index in [9.17, 15) is 0 Å². The lowest BCUT2D eigenvalue weighted by atomic mass is 9.93. The van der Waals surface area contributed by atoms with Crippen LogP contribution in [-0.4, -0.2) is 15.0 Å². The maximum Gasteiger partial charge on any atom is 0.178 e. The second kappa shape index (κ2) is 3.87. The van der Waals surface area contributed by atoms with Crippen molar-refractivity contribution in [3.63, 3.8) is 0 Å². The molecule has 0 aliphatic carbocycles. The van der Waals surface area contributed by atoms with Gasteiger partial charge in [-0.2, -0.15) is 0 Å². The van der Waals surface area contributed by atoms with Crippen LogP contribution in [0.5, 0.6) is 0 Å². The number of nitrogens with one attached hydrogen (secondary N) is 1. The van der Waals surface area contributed by atoms with Crippen LogP contribution >= 0.6 is 0 Å².